The summed E-state index contributed by atoms with van der Waals surface area (Å²) in [5, 5.41) is 5.07. The molecule has 0 aliphatic rings. The average molecular weight is 327 g/mol. The zero-order valence-corrected chi connectivity index (χ0v) is 13.8. The highest BCUT2D eigenvalue weighted by Crippen LogP contribution is 2.16. The zero-order valence-electron chi connectivity index (χ0n) is 13.8. The van der Waals surface area contributed by atoms with Crippen molar-refractivity contribution >= 4 is 17.5 Å². The minimum Gasteiger partial charge on any atom is -0.493 e. The lowest BCUT2D eigenvalue weighted by Gasteiger charge is -2.10. The normalized spacial score (nSPS) is 10.3. The summed E-state index contributed by atoms with van der Waals surface area (Å²) in [5.74, 6) is -0.268. The van der Waals surface area contributed by atoms with Gasteiger partial charge in [-0.15, -0.1) is 0 Å². The number of benzene rings is 1. The summed E-state index contributed by atoms with van der Waals surface area (Å²) in [6, 6.07) is 12.3. The molecule has 0 saturated heterocycles. The van der Waals surface area contributed by atoms with Crippen LogP contribution in [0.25, 0.3) is 0 Å². The molecule has 1 heterocycles. The minimum atomic E-state index is -0.721. The molecule has 1 aromatic heterocycles. The summed E-state index contributed by atoms with van der Waals surface area (Å²) in [6.45, 7) is 4.97. The van der Waals surface area contributed by atoms with Gasteiger partial charge in [-0.1, -0.05) is 19.9 Å². The Morgan fingerprint density at radius 2 is 1.83 bits per heavy atom. The number of aromatic nitrogens is 1. The second-order valence-corrected chi connectivity index (χ2v) is 5.69. The van der Waals surface area contributed by atoms with E-state index in [2.05, 4.69) is 29.5 Å². The first-order valence-electron chi connectivity index (χ1n) is 7.76. The van der Waals surface area contributed by atoms with Crippen LogP contribution in [0.2, 0.25) is 0 Å². The Balaban J connectivity index is 1.81. The van der Waals surface area contributed by atoms with Crippen molar-refractivity contribution < 1.29 is 14.3 Å². The number of pyridine rings is 1. The van der Waals surface area contributed by atoms with E-state index in [1.807, 2.05) is 6.07 Å². The summed E-state index contributed by atoms with van der Waals surface area (Å²) in [4.78, 5) is 27.7. The molecule has 0 saturated carbocycles. The van der Waals surface area contributed by atoms with E-state index >= 15 is 0 Å². The molecule has 0 atom stereocenters. The topological polar surface area (TPSA) is 80.3 Å². The van der Waals surface area contributed by atoms with E-state index in [1.54, 1.807) is 42.6 Å². The largest absolute Gasteiger partial charge is 0.493 e. The van der Waals surface area contributed by atoms with Gasteiger partial charge in [0.2, 0.25) is 0 Å². The highest BCUT2D eigenvalue weighted by atomic mass is 16.5. The smallest absolute Gasteiger partial charge is 0.313 e. The van der Waals surface area contributed by atoms with Crippen LogP contribution in [0.1, 0.15) is 19.5 Å². The van der Waals surface area contributed by atoms with Crippen LogP contribution in [-0.2, 0) is 16.1 Å². The second-order valence-electron chi connectivity index (χ2n) is 5.69. The van der Waals surface area contributed by atoms with Crippen LogP contribution in [0.4, 0.5) is 5.69 Å². The van der Waals surface area contributed by atoms with Crippen LogP contribution >= 0.6 is 0 Å². The van der Waals surface area contributed by atoms with Crippen molar-refractivity contribution in [3.8, 4) is 5.75 Å². The fourth-order valence-electron chi connectivity index (χ4n) is 1.84. The highest BCUT2D eigenvalue weighted by molar-refractivity contribution is 6.39. The van der Waals surface area contributed by atoms with Gasteiger partial charge >= 0.3 is 11.8 Å². The fraction of sp³-hybridized carbons (Fsp3) is 0.278. The minimum absolute atomic E-state index is 0.203. The van der Waals surface area contributed by atoms with Crippen molar-refractivity contribution in [1.29, 1.82) is 0 Å². The molecule has 6 heteroatoms. The predicted molar refractivity (Wildman–Crippen MR) is 91.5 cm³/mol. The highest BCUT2D eigenvalue weighted by Gasteiger charge is 2.13. The Morgan fingerprint density at radius 1 is 1.08 bits per heavy atom. The summed E-state index contributed by atoms with van der Waals surface area (Å²) in [7, 11) is 0. The van der Waals surface area contributed by atoms with Crippen LogP contribution in [0.15, 0.2) is 48.7 Å². The predicted octanol–water partition coefficient (Wildman–Crippen LogP) is 2.37. The Bertz CT molecular complexity index is 670. The average Bonchev–Trinajstić information content (AvgIpc) is 2.59. The second kappa shape index (κ2) is 8.67. The number of rotatable bonds is 6. The SMILES string of the molecule is CC(C)COc1ccc(NC(=O)C(=O)NCc2ccccn2)cc1. The van der Waals surface area contributed by atoms with E-state index in [-0.39, 0.29) is 6.54 Å². The van der Waals surface area contributed by atoms with Crippen molar-refractivity contribution in [2.24, 2.45) is 5.92 Å². The Morgan fingerprint density at radius 3 is 2.46 bits per heavy atom. The van der Waals surface area contributed by atoms with Gasteiger partial charge in [-0.2, -0.15) is 0 Å². The number of hydrogen-bond donors (Lipinski definition) is 2. The molecule has 2 amide bonds. The molecular weight excluding hydrogens is 306 g/mol. The molecule has 1 aromatic carbocycles. The summed E-state index contributed by atoms with van der Waals surface area (Å²) in [6.07, 6.45) is 1.63. The molecular formula is C18H21N3O3. The molecule has 0 aliphatic carbocycles. The van der Waals surface area contributed by atoms with Gasteiger partial charge in [0.1, 0.15) is 5.75 Å². The van der Waals surface area contributed by atoms with Gasteiger partial charge in [0, 0.05) is 11.9 Å². The van der Waals surface area contributed by atoms with Crippen molar-refractivity contribution in [1.82, 2.24) is 10.3 Å². The van der Waals surface area contributed by atoms with Gasteiger partial charge in [0.25, 0.3) is 0 Å². The summed E-state index contributed by atoms with van der Waals surface area (Å²) < 4.78 is 5.56. The molecule has 2 aromatic rings. The van der Waals surface area contributed by atoms with E-state index in [0.717, 1.165) is 5.75 Å². The molecule has 2 N–H and O–H groups in total. The van der Waals surface area contributed by atoms with Gasteiger partial charge in [-0.25, -0.2) is 0 Å². The molecule has 0 radical (unpaired) electrons. The summed E-state index contributed by atoms with van der Waals surface area (Å²) >= 11 is 0. The third-order valence-electron chi connectivity index (χ3n) is 3.06. The van der Waals surface area contributed by atoms with Gasteiger partial charge in [-0.3, -0.25) is 14.6 Å². The molecule has 0 bridgehead atoms. The van der Waals surface area contributed by atoms with Gasteiger partial charge < -0.3 is 15.4 Å². The maximum absolute atomic E-state index is 11.9. The first-order chi connectivity index (χ1) is 11.5. The van der Waals surface area contributed by atoms with Gasteiger partial charge in [0.05, 0.1) is 18.8 Å². The van der Waals surface area contributed by atoms with E-state index in [0.29, 0.717) is 23.9 Å². The Labute approximate surface area is 141 Å². The fourth-order valence-corrected chi connectivity index (χ4v) is 1.84. The Hall–Kier alpha value is -2.89. The van der Waals surface area contributed by atoms with E-state index in [1.165, 1.54) is 0 Å². The van der Waals surface area contributed by atoms with E-state index in [4.69, 9.17) is 4.74 Å². The lowest BCUT2D eigenvalue weighted by atomic mass is 10.2. The summed E-state index contributed by atoms with van der Waals surface area (Å²) in [5.41, 5.74) is 1.22. The number of ether oxygens (including phenoxy) is 1. The monoisotopic (exact) mass is 327 g/mol. The van der Waals surface area contributed by atoms with Crippen LogP contribution in [0.5, 0.6) is 5.75 Å². The maximum atomic E-state index is 11.9. The third-order valence-corrected chi connectivity index (χ3v) is 3.06. The zero-order chi connectivity index (χ0) is 17.4. The molecule has 6 nitrogen and oxygen atoms in total. The molecule has 0 spiro atoms. The van der Waals surface area contributed by atoms with Crippen molar-refractivity contribution in [2.75, 3.05) is 11.9 Å². The third kappa shape index (κ3) is 5.72. The van der Waals surface area contributed by atoms with Crippen molar-refractivity contribution in [2.45, 2.75) is 20.4 Å². The number of anilines is 1. The molecule has 0 fully saturated rings. The first-order valence-corrected chi connectivity index (χ1v) is 7.76. The quantitative estimate of drug-likeness (QED) is 0.798. The van der Waals surface area contributed by atoms with Gasteiger partial charge in [-0.05, 0) is 42.3 Å². The van der Waals surface area contributed by atoms with E-state index < -0.39 is 11.8 Å². The van der Waals surface area contributed by atoms with E-state index in [9.17, 15) is 9.59 Å². The number of nitrogens with zero attached hydrogens (tertiary/aromatic N) is 1. The van der Waals surface area contributed by atoms with Crippen LogP contribution in [0.3, 0.4) is 0 Å². The number of carbonyl (C=O) groups excluding carboxylic acids is 2. The van der Waals surface area contributed by atoms with Crippen LogP contribution < -0.4 is 15.4 Å². The first kappa shape index (κ1) is 17.5. The molecule has 24 heavy (non-hydrogen) atoms. The standard InChI is InChI=1S/C18H21N3O3/c1-13(2)12-24-16-8-6-14(7-9-16)21-18(23)17(22)20-11-15-5-3-4-10-19-15/h3-10,13H,11-12H2,1-2H3,(H,20,22)(H,21,23). The van der Waals surface area contributed by atoms with Crippen LogP contribution in [-0.4, -0.2) is 23.4 Å². The number of carbonyl (C=O) groups is 2. The lowest BCUT2D eigenvalue weighted by Crippen LogP contribution is -2.35. The maximum Gasteiger partial charge on any atom is 0.313 e. The van der Waals surface area contributed by atoms with Gasteiger partial charge in [0.15, 0.2) is 0 Å². The van der Waals surface area contributed by atoms with Crippen LogP contribution in [0, 0.1) is 5.92 Å². The molecule has 0 aliphatic heterocycles. The molecule has 0 unspecified atom stereocenters. The Kier molecular flexibility index (Phi) is 6.31. The number of amides is 2. The number of hydrogen-bond acceptors (Lipinski definition) is 4. The molecule has 126 valence electrons. The van der Waals surface area contributed by atoms with Crippen molar-refractivity contribution in [3.63, 3.8) is 0 Å². The number of nitrogens with one attached hydrogen (secondary N) is 2. The van der Waals surface area contributed by atoms with Crippen molar-refractivity contribution in [3.05, 3.63) is 54.4 Å². The lowest BCUT2D eigenvalue weighted by molar-refractivity contribution is -0.136. The molecule has 2 rings (SSSR count).